The van der Waals surface area contributed by atoms with Gasteiger partial charge in [0.05, 0.1) is 19.3 Å². The van der Waals surface area contributed by atoms with E-state index in [0.29, 0.717) is 0 Å². The van der Waals surface area contributed by atoms with Crippen LogP contribution in [0.4, 0.5) is 0 Å². The molecule has 0 amide bonds. The van der Waals surface area contributed by atoms with E-state index >= 15 is 0 Å². The zero-order valence-corrected chi connectivity index (χ0v) is 11.4. The lowest BCUT2D eigenvalue weighted by molar-refractivity contribution is -0.0782. The highest BCUT2D eigenvalue weighted by atomic mass is 16.5. The van der Waals surface area contributed by atoms with E-state index in [4.69, 9.17) is 4.74 Å². The molecule has 18 heavy (non-hydrogen) atoms. The summed E-state index contributed by atoms with van der Waals surface area (Å²) in [5, 5.41) is 10.7. The molecule has 1 aliphatic heterocycles. The number of nitrogens with zero attached hydrogens (tertiary/aromatic N) is 1. The van der Waals surface area contributed by atoms with E-state index in [2.05, 4.69) is 11.5 Å². The van der Waals surface area contributed by atoms with Gasteiger partial charge in [-0.25, -0.2) is 0 Å². The summed E-state index contributed by atoms with van der Waals surface area (Å²) in [4.78, 5) is 2.50. The lowest BCUT2D eigenvalue weighted by atomic mass is 9.85. The first-order valence-electron chi connectivity index (χ1n) is 7.41. The van der Waals surface area contributed by atoms with Crippen LogP contribution >= 0.6 is 0 Å². The molecule has 0 aromatic rings. The van der Waals surface area contributed by atoms with Crippen molar-refractivity contribution < 1.29 is 9.84 Å². The number of hydrogen-bond donors (Lipinski definition) is 1. The zero-order valence-electron chi connectivity index (χ0n) is 11.4. The third-order valence-corrected chi connectivity index (χ3v) is 4.62. The van der Waals surface area contributed by atoms with Crippen molar-refractivity contribution in [2.75, 3.05) is 26.3 Å². The maximum absolute atomic E-state index is 10.7. The molecule has 1 unspecified atom stereocenters. The van der Waals surface area contributed by atoms with Crippen LogP contribution in [0, 0.1) is 0 Å². The van der Waals surface area contributed by atoms with Crippen LogP contribution in [0.5, 0.6) is 0 Å². The summed E-state index contributed by atoms with van der Waals surface area (Å²) in [7, 11) is 0. The van der Waals surface area contributed by atoms with E-state index in [1.807, 2.05) is 6.08 Å². The van der Waals surface area contributed by atoms with Crippen molar-refractivity contribution in [3.63, 3.8) is 0 Å². The van der Waals surface area contributed by atoms with Gasteiger partial charge in [0.2, 0.25) is 0 Å². The van der Waals surface area contributed by atoms with Crippen molar-refractivity contribution in [2.45, 2.75) is 56.6 Å². The molecular weight excluding hydrogens is 226 g/mol. The number of ether oxygens (including phenoxy) is 1. The number of unbranched alkanes of at least 4 members (excludes halogenated alkanes) is 1. The van der Waals surface area contributed by atoms with Gasteiger partial charge in [0.25, 0.3) is 0 Å². The summed E-state index contributed by atoms with van der Waals surface area (Å²) in [5.74, 6) is 0. The summed E-state index contributed by atoms with van der Waals surface area (Å²) in [6.07, 6.45) is 9.56. The Hall–Kier alpha value is -0.380. The molecule has 1 N–H and O–H groups in total. The molecule has 2 rings (SSSR count). The van der Waals surface area contributed by atoms with Crippen molar-refractivity contribution in [1.29, 1.82) is 0 Å². The Morgan fingerprint density at radius 2 is 1.94 bits per heavy atom. The maximum Gasteiger partial charge on any atom is 0.0724 e. The van der Waals surface area contributed by atoms with E-state index < -0.39 is 0 Å². The summed E-state index contributed by atoms with van der Waals surface area (Å²) in [5.41, 5.74) is 0.0466. The number of morpholine rings is 1. The van der Waals surface area contributed by atoms with Crippen LogP contribution in [0.15, 0.2) is 12.7 Å². The molecule has 3 heteroatoms. The van der Waals surface area contributed by atoms with Gasteiger partial charge < -0.3 is 9.84 Å². The Bertz CT molecular complexity index is 255. The quantitative estimate of drug-likeness (QED) is 0.582. The molecule has 0 radical (unpaired) electrons. The molecule has 1 heterocycles. The second-order valence-corrected chi connectivity index (χ2v) is 5.65. The molecule has 1 atom stereocenters. The lowest BCUT2D eigenvalue weighted by Gasteiger charge is -2.46. The fraction of sp³-hybridized carbons (Fsp3) is 0.867. The predicted octanol–water partition coefficient (Wildman–Crippen LogP) is 2.35. The highest BCUT2D eigenvalue weighted by Gasteiger charge is 2.45. The van der Waals surface area contributed by atoms with E-state index in [1.54, 1.807) is 0 Å². The topological polar surface area (TPSA) is 32.7 Å². The lowest BCUT2D eigenvalue weighted by Crippen LogP contribution is -2.58. The highest BCUT2D eigenvalue weighted by molar-refractivity contribution is 5.01. The first kappa shape index (κ1) is 14.0. The maximum atomic E-state index is 10.7. The van der Waals surface area contributed by atoms with E-state index in [0.717, 1.165) is 58.4 Å². The first-order chi connectivity index (χ1) is 8.79. The summed E-state index contributed by atoms with van der Waals surface area (Å²) in [6, 6.07) is 0. The molecule has 1 saturated heterocycles. The fourth-order valence-corrected chi connectivity index (χ4v) is 3.58. The summed E-state index contributed by atoms with van der Waals surface area (Å²) in [6.45, 7) is 7.36. The molecule has 104 valence electrons. The van der Waals surface area contributed by atoms with Crippen LogP contribution in [0.25, 0.3) is 0 Å². The van der Waals surface area contributed by atoms with Gasteiger partial charge in [-0.3, -0.25) is 4.90 Å². The third kappa shape index (κ3) is 2.95. The fourth-order valence-electron chi connectivity index (χ4n) is 3.58. The molecule has 0 spiro atoms. The molecule has 1 aliphatic carbocycles. The van der Waals surface area contributed by atoms with Gasteiger partial charge in [0, 0.05) is 18.6 Å². The van der Waals surface area contributed by atoms with Crippen LogP contribution < -0.4 is 0 Å². The molecule has 3 nitrogen and oxygen atoms in total. The van der Waals surface area contributed by atoms with Crippen LogP contribution in [0.3, 0.4) is 0 Å². The van der Waals surface area contributed by atoms with Gasteiger partial charge in [0.1, 0.15) is 0 Å². The zero-order chi connectivity index (χ0) is 12.8. The Kier molecular flexibility index (Phi) is 5.22. The average molecular weight is 253 g/mol. The number of aliphatic hydroxyl groups is 1. The van der Waals surface area contributed by atoms with Crippen molar-refractivity contribution >= 4 is 0 Å². The Morgan fingerprint density at radius 3 is 2.56 bits per heavy atom. The minimum Gasteiger partial charge on any atom is -0.391 e. The molecule has 0 aromatic heterocycles. The Morgan fingerprint density at radius 1 is 1.28 bits per heavy atom. The molecule has 2 fully saturated rings. The third-order valence-electron chi connectivity index (χ3n) is 4.62. The normalized spacial score (nSPS) is 26.1. The van der Waals surface area contributed by atoms with Gasteiger partial charge in [0.15, 0.2) is 0 Å². The molecule has 0 bridgehead atoms. The van der Waals surface area contributed by atoms with Gasteiger partial charge in [-0.05, 0) is 32.1 Å². The smallest absolute Gasteiger partial charge is 0.0724 e. The van der Waals surface area contributed by atoms with Crippen molar-refractivity contribution in [1.82, 2.24) is 4.90 Å². The molecule has 1 saturated carbocycles. The standard InChI is InChI=1S/C15H27NO2/c1-2-3-4-7-14(17)15(8-5-6-9-15)16-10-12-18-13-11-16/h2,14,17H,1,3-13H2. The number of allylic oxidation sites excluding steroid dienone is 1. The van der Waals surface area contributed by atoms with E-state index in [1.165, 1.54) is 12.8 Å². The highest BCUT2D eigenvalue weighted by Crippen LogP contribution is 2.40. The number of hydrogen-bond acceptors (Lipinski definition) is 3. The van der Waals surface area contributed by atoms with Crippen molar-refractivity contribution in [3.8, 4) is 0 Å². The minimum absolute atomic E-state index is 0.0466. The number of aliphatic hydroxyl groups excluding tert-OH is 1. The monoisotopic (exact) mass is 253 g/mol. The SMILES string of the molecule is C=CCCCC(O)C1(N2CCOCC2)CCCC1. The minimum atomic E-state index is -0.182. The van der Waals surface area contributed by atoms with E-state index in [9.17, 15) is 5.11 Å². The average Bonchev–Trinajstić information content (AvgIpc) is 2.90. The predicted molar refractivity (Wildman–Crippen MR) is 73.6 cm³/mol. The van der Waals surface area contributed by atoms with Gasteiger partial charge >= 0.3 is 0 Å². The molecule has 2 aliphatic rings. The molecule has 0 aromatic carbocycles. The Labute approximate surface area is 111 Å². The van der Waals surface area contributed by atoms with Crippen molar-refractivity contribution in [2.24, 2.45) is 0 Å². The van der Waals surface area contributed by atoms with Gasteiger partial charge in [-0.1, -0.05) is 18.9 Å². The van der Waals surface area contributed by atoms with Gasteiger partial charge in [-0.2, -0.15) is 0 Å². The van der Waals surface area contributed by atoms with E-state index in [-0.39, 0.29) is 11.6 Å². The van der Waals surface area contributed by atoms with Crippen LogP contribution in [-0.2, 0) is 4.74 Å². The Balaban J connectivity index is 1.98. The first-order valence-corrected chi connectivity index (χ1v) is 7.41. The second kappa shape index (κ2) is 6.69. The second-order valence-electron chi connectivity index (χ2n) is 5.65. The summed E-state index contributed by atoms with van der Waals surface area (Å²) >= 11 is 0. The van der Waals surface area contributed by atoms with Crippen LogP contribution in [-0.4, -0.2) is 48.0 Å². The van der Waals surface area contributed by atoms with Gasteiger partial charge in [-0.15, -0.1) is 6.58 Å². The molecular formula is C15H27NO2. The largest absolute Gasteiger partial charge is 0.391 e. The summed E-state index contributed by atoms with van der Waals surface area (Å²) < 4.78 is 5.45. The van der Waals surface area contributed by atoms with Crippen LogP contribution in [0.1, 0.15) is 44.9 Å². The van der Waals surface area contributed by atoms with Crippen molar-refractivity contribution in [3.05, 3.63) is 12.7 Å². The number of rotatable bonds is 6. The van der Waals surface area contributed by atoms with Crippen LogP contribution in [0.2, 0.25) is 0 Å².